The highest BCUT2D eigenvalue weighted by Crippen LogP contribution is 2.27. The lowest BCUT2D eigenvalue weighted by Crippen LogP contribution is -2.35. The number of nitrogens with zero attached hydrogens (tertiary/aromatic N) is 2. The van der Waals surface area contributed by atoms with Gasteiger partial charge in [0.1, 0.15) is 5.75 Å². The number of carbonyl (C=O) groups is 2. The van der Waals surface area contributed by atoms with Gasteiger partial charge in [-0.3, -0.25) is 10.1 Å². The Balaban J connectivity index is 1.99. The van der Waals surface area contributed by atoms with Gasteiger partial charge in [-0.25, -0.2) is 4.79 Å². The van der Waals surface area contributed by atoms with E-state index in [9.17, 15) is 9.59 Å². The van der Waals surface area contributed by atoms with Crippen LogP contribution in [0.2, 0.25) is 0 Å². The van der Waals surface area contributed by atoms with E-state index in [0.29, 0.717) is 12.5 Å². The number of hydrogen-bond donors (Lipinski definition) is 1. The van der Waals surface area contributed by atoms with Crippen LogP contribution in [-0.4, -0.2) is 41.2 Å². The molecule has 1 aromatic carbocycles. The van der Waals surface area contributed by atoms with Crippen molar-refractivity contribution in [2.75, 3.05) is 13.7 Å². The molecule has 1 heterocycles. The van der Waals surface area contributed by atoms with Gasteiger partial charge in [0.2, 0.25) is 11.8 Å². The van der Waals surface area contributed by atoms with Gasteiger partial charge in [-0.1, -0.05) is 11.8 Å². The summed E-state index contributed by atoms with van der Waals surface area (Å²) >= 11 is 1.05. The summed E-state index contributed by atoms with van der Waals surface area (Å²) in [5.74, 6) is 0.581. The van der Waals surface area contributed by atoms with Gasteiger partial charge in [0.15, 0.2) is 0 Å². The molecule has 2 aromatic rings. The SMILES string of the molecule is CCOc1ccc(-c2nnc(S[C@@H](C)C(=O)NC(=O)OC)o2)cc1. The molecule has 1 atom stereocenters. The predicted molar refractivity (Wildman–Crippen MR) is 86.8 cm³/mol. The Kier molecular flexibility index (Phi) is 6.19. The molecule has 0 fully saturated rings. The topological polar surface area (TPSA) is 104 Å². The lowest BCUT2D eigenvalue weighted by Gasteiger charge is -2.07. The standard InChI is InChI=1S/C15H17N3O5S/c1-4-22-11-7-5-10(6-8-11)13-17-18-15(23-13)24-9(2)12(19)16-14(20)21-3/h5-9H,4H2,1-3H3,(H,16,19,20)/t9-/m0/s1. The second kappa shape index (κ2) is 8.34. The van der Waals surface area contributed by atoms with E-state index in [0.717, 1.165) is 23.1 Å². The van der Waals surface area contributed by atoms with E-state index in [1.165, 1.54) is 7.11 Å². The summed E-state index contributed by atoms with van der Waals surface area (Å²) in [6, 6.07) is 7.23. The molecule has 1 aromatic heterocycles. The number of nitrogens with one attached hydrogen (secondary N) is 1. The Morgan fingerprint density at radius 3 is 2.62 bits per heavy atom. The van der Waals surface area contributed by atoms with Gasteiger partial charge in [0.05, 0.1) is 19.0 Å². The highest BCUT2D eigenvalue weighted by atomic mass is 32.2. The molecule has 9 heteroatoms. The van der Waals surface area contributed by atoms with Gasteiger partial charge >= 0.3 is 6.09 Å². The van der Waals surface area contributed by atoms with Crippen molar-refractivity contribution in [2.45, 2.75) is 24.3 Å². The highest BCUT2D eigenvalue weighted by Gasteiger charge is 2.20. The summed E-state index contributed by atoms with van der Waals surface area (Å²) in [5, 5.41) is 9.55. The van der Waals surface area contributed by atoms with Gasteiger partial charge < -0.3 is 13.9 Å². The average molecular weight is 351 g/mol. The number of benzene rings is 1. The first kappa shape index (κ1) is 17.8. The molecule has 0 saturated carbocycles. The number of alkyl carbamates (subject to hydrolysis) is 1. The quantitative estimate of drug-likeness (QED) is 0.792. The van der Waals surface area contributed by atoms with Crippen LogP contribution in [0.25, 0.3) is 11.5 Å². The number of carbonyl (C=O) groups excluding carboxylic acids is 2. The van der Waals surface area contributed by atoms with Crippen molar-refractivity contribution in [1.29, 1.82) is 0 Å². The van der Waals surface area contributed by atoms with Crippen LogP contribution in [0.3, 0.4) is 0 Å². The normalized spacial score (nSPS) is 11.6. The number of rotatable bonds is 6. The summed E-state index contributed by atoms with van der Waals surface area (Å²) in [4.78, 5) is 22.8. The second-order valence-corrected chi connectivity index (χ2v) is 5.86. The van der Waals surface area contributed by atoms with Crippen LogP contribution in [0.4, 0.5) is 4.79 Å². The van der Waals surface area contributed by atoms with E-state index < -0.39 is 17.3 Å². The fourth-order valence-electron chi connectivity index (χ4n) is 1.69. The molecule has 0 aliphatic heterocycles. The molecule has 128 valence electrons. The van der Waals surface area contributed by atoms with Crippen molar-refractivity contribution in [2.24, 2.45) is 0 Å². The Hall–Kier alpha value is -2.55. The summed E-state index contributed by atoms with van der Waals surface area (Å²) < 4.78 is 15.3. The Bertz CT molecular complexity index is 701. The number of imide groups is 1. The molecule has 2 amide bonds. The Morgan fingerprint density at radius 2 is 2.00 bits per heavy atom. The first-order chi connectivity index (χ1) is 11.5. The summed E-state index contributed by atoms with van der Waals surface area (Å²) in [5.41, 5.74) is 0.740. The number of thioether (sulfide) groups is 1. The summed E-state index contributed by atoms with van der Waals surface area (Å²) in [7, 11) is 1.18. The third-order valence-electron chi connectivity index (χ3n) is 2.88. The van der Waals surface area contributed by atoms with E-state index in [-0.39, 0.29) is 5.22 Å². The third-order valence-corrected chi connectivity index (χ3v) is 3.81. The molecule has 2 rings (SSSR count). The van der Waals surface area contributed by atoms with Crippen molar-refractivity contribution in [3.05, 3.63) is 24.3 Å². The molecule has 0 unspecified atom stereocenters. The van der Waals surface area contributed by atoms with E-state index in [1.54, 1.807) is 19.1 Å². The fraction of sp³-hybridized carbons (Fsp3) is 0.333. The maximum absolute atomic E-state index is 11.8. The van der Waals surface area contributed by atoms with Crippen molar-refractivity contribution < 1.29 is 23.5 Å². The number of ether oxygens (including phenoxy) is 2. The van der Waals surface area contributed by atoms with Gasteiger partial charge in [-0.15, -0.1) is 10.2 Å². The highest BCUT2D eigenvalue weighted by molar-refractivity contribution is 8.00. The molecular weight excluding hydrogens is 334 g/mol. The van der Waals surface area contributed by atoms with Crippen LogP contribution in [-0.2, 0) is 9.53 Å². The van der Waals surface area contributed by atoms with Gasteiger partial charge in [0.25, 0.3) is 5.22 Å². The zero-order chi connectivity index (χ0) is 17.5. The molecule has 1 N–H and O–H groups in total. The molecule has 0 aliphatic carbocycles. The average Bonchev–Trinajstić information content (AvgIpc) is 3.04. The maximum atomic E-state index is 11.8. The zero-order valence-corrected chi connectivity index (χ0v) is 14.3. The van der Waals surface area contributed by atoms with Crippen molar-refractivity contribution >= 4 is 23.8 Å². The molecule has 24 heavy (non-hydrogen) atoms. The summed E-state index contributed by atoms with van der Waals surface area (Å²) in [6.07, 6.45) is -0.812. The first-order valence-corrected chi connectivity index (χ1v) is 8.03. The fourth-order valence-corrected chi connectivity index (χ4v) is 2.38. The van der Waals surface area contributed by atoms with E-state index >= 15 is 0 Å². The van der Waals surface area contributed by atoms with Gasteiger partial charge in [-0.05, 0) is 38.1 Å². The van der Waals surface area contributed by atoms with E-state index in [4.69, 9.17) is 9.15 Å². The minimum absolute atomic E-state index is 0.228. The second-order valence-electron chi connectivity index (χ2n) is 4.57. The number of aromatic nitrogens is 2. The summed E-state index contributed by atoms with van der Waals surface area (Å²) in [6.45, 7) is 4.11. The molecule has 0 radical (unpaired) electrons. The largest absolute Gasteiger partial charge is 0.494 e. The van der Waals surface area contributed by atoms with Crippen molar-refractivity contribution in [1.82, 2.24) is 15.5 Å². The van der Waals surface area contributed by atoms with Crippen LogP contribution in [0.1, 0.15) is 13.8 Å². The lowest BCUT2D eigenvalue weighted by molar-refractivity contribution is -0.119. The minimum Gasteiger partial charge on any atom is -0.494 e. The smallest absolute Gasteiger partial charge is 0.413 e. The minimum atomic E-state index is -0.812. The van der Waals surface area contributed by atoms with Crippen molar-refractivity contribution in [3.63, 3.8) is 0 Å². The predicted octanol–water partition coefficient (Wildman–Crippen LogP) is 2.50. The van der Waals surface area contributed by atoms with E-state index in [1.807, 2.05) is 19.1 Å². The zero-order valence-electron chi connectivity index (χ0n) is 13.4. The lowest BCUT2D eigenvalue weighted by atomic mass is 10.2. The number of hydrogen-bond acceptors (Lipinski definition) is 8. The first-order valence-electron chi connectivity index (χ1n) is 7.15. The Morgan fingerprint density at radius 1 is 1.29 bits per heavy atom. The van der Waals surface area contributed by atoms with E-state index in [2.05, 4.69) is 20.3 Å². The number of methoxy groups -OCH3 is 1. The van der Waals surface area contributed by atoms with Crippen LogP contribution >= 0.6 is 11.8 Å². The van der Waals surface area contributed by atoms with Gasteiger partial charge in [-0.2, -0.15) is 0 Å². The number of amides is 2. The van der Waals surface area contributed by atoms with Gasteiger partial charge in [0, 0.05) is 5.56 Å². The monoisotopic (exact) mass is 351 g/mol. The molecule has 8 nitrogen and oxygen atoms in total. The molecule has 0 bridgehead atoms. The van der Waals surface area contributed by atoms with Crippen LogP contribution in [0.5, 0.6) is 5.75 Å². The maximum Gasteiger partial charge on any atom is 0.413 e. The van der Waals surface area contributed by atoms with Crippen LogP contribution in [0, 0.1) is 0 Å². The van der Waals surface area contributed by atoms with Crippen LogP contribution in [0.15, 0.2) is 33.9 Å². The molecular formula is C15H17N3O5S. The van der Waals surface area contributed by atoms with Crippen molar-refractivity contribution in [3.8, 4) is 17.2 Å². The molecule has 0 saturated heterocycles. The Labute approximate surface area is 142 Å². The molecule has 0 aliphatic rings. The molecule has 0 spiro atoms. The third kappa shape index (κ3) is 4.72. The van der Waals surface area contributed by atoms with Crippen LogP contribution < -0.4 is 10.1 Å².